The van der Waals surface area contributed by atoms with Gasteiger partial charge in [-0.15, -0.1) is 0 Å². The fraction of sp³-hybridized carbons (Fsp3) is 0.837. The maximum atomic E-state index is 15.0. The van der Waals surface area contributed by atoms with E-state index in [1.165, 1.54) is 35.7 Å². The second-order valence-electron chi connectivity index (χ2n) is 19.6. The van der Waals surface area contributed by atoms with Gasteiger partial charge in [0.1, 0.15) is 24.2 Å². The van der Waals surface area contributed by atoms with Crippen LogP contribution in [0.25, 0.3) is 0 Å². The molecule has 1 aliphatic carbocycles. The van der Waals surface area contributed by atoms with Crippen LogP contribution in [-0.2, 0) is 38.3 Å². The van der Waals surface area contributed by atoms with E-state index in [-0.39, 0.29) is 62.2 Å². The molecule has 9 atom stereocenters. The highest BCUT2D eigenvalue weighted by atomic mass is 16.5. The van der Waals surface area contributed by atoms with Gasteiger partial charge in [-0.3, -0.25) is 34.1 Å². The molecule has 2 rings (SSSR count). The quantitative estimate of drug-likeness (QED) is 0.0961. The van der Waals surface area contributed by atoms with Crippen molar-refractivity contribution in [2.24, 2.45) is 23.7 Å². The molecule has 0 radical (unpaired) electrons. The SMILES string of the molecule is CCCC[C@@H](C)CC1NC(=O)C(CC2CCCCC2)N(C)C(=O)[C@H](CCC)N[C@](C=O)(CC(C)C)N(C)C(=O)C(C[C@H](C)CCCC)NC(=O)[C@@H](CCC#N)OC(=O)[C@H](C)N(C)C1=O. The van der Waals surface area contributed by atoms with E-state index in [9.17, 15) is 38.8 Å². The maximum absolute atomic E-state index is 15.0. The number of nitrogens with zero attached hydrogens (tertiary/aromatic N) is 4. The van der Waals surface area contributed by atoms with E-state index in [2.05, 4.69) is 29.8 Å². The lowest BCUT2D eigenvalue weighted by molar-refractivity contribution is -0.164. The van der Waals surface area contributed by atoms with Crippen LogP contribution in [0.1, 0.15) is 177 Å². The summed E-state index contributed by atoms with van der Waals surface area (Å²) >= 11 is 0. The molecule has 3 N–H and O–H groups in total. The number of esters is 1. The van der Waals surface area contributed by atoms with Gasteiger partial charge in [-0.1, -0.05) is 126 Å². The fourth-order valence-electron chi connectivity index (χ4n) is 9.33. The monoisotopic (exact) mass is 900 g/mol. The van der Waals surface area contributed by atoms with E-state index < -0.39 is 77.5 Å². The minimum Gasteiger partial charge on any atom is -0.451 e. The molecule has 5 amide bonds. The van der Waals surface area contributed by atoms with Gasteiger partial charge in [0.15, 0.2) is 18.1 Å². The standard InChI is InChI=1S/C49H85N7O8/c1-12-15-22-34(6)28-39-46(61)54(9)36(8)48(63)64-42(26-20-27-50)44(59)52-40(29-35(7)23-16-13-2)47(62)56(11)49(32-57,31-33(4)5)53-38(21-14-3)45(60)55(10)41(43(58)51-39)30-37-24-18-17-19-25-37/h32-42,53H,12-26,28-31H2,1-11H3,(H,51,58)(H,52,59)/t34-,35-,36+,38+,39?,40?,41?,42-,49-/m1/s1. The summed E-state index contributed by atoms with van der Waals surface area (Å²) in [7, 11) is 4.55. The Labute approximate surface area is 385 Å². The summed E-state index contributed by atoms with van der Waals surface area (Å²) in [5.41, 5.74) is -1.71. The first kappa shape index (κ1) is 56.1. The third-order valence-electron chi connectivity index (χ3n) is 13.5. The molecule has 15 heteroatoms. The summed E-state index contributed by atoms with van der Waals surface area (Å²) in [5.74, 6) is -3.69. The van der Waals surface area contributed by atoms with Crippen LogP contribution in [0, 0.1) is 35.0 Å². The molecular formula is C49H85N7O8. The van der Waals surface area contributed by atoms with E-state index in [1.54, 1.807) is 7.05 Å². The van der Waals surface area contributed by atoms with Crippen LogP contribution in [-0.4, -0.2) is 120 Å². The third kappa shape index (κ3) is 16.7. The Bertz CT molecular complexity index is 1560. The van der Waals surface area contributed by atoms with Crippen molar-refractivity contribution >= 4 is 41.8 Å². The lowest BCUT2D eigenvalue weighted by Crippen LogP contribution is -2.68. The Balaban J connectivity index is 2.92. The molecule has 0 aromatic rings. The van der Waals surface area contributed by atoms with Crippen molar-refractivity contribution in [3.8, 4) is 6.07 Å². The van der Waals surface area contributed by atoms with Crippen molar-refractivity contribution in [1.82, 2.24) is 30.7 Å². The summed E-state index contributed by atoms with van der Waals surface area (Å²) in [5, 5.41) is 18.8. The molecule has 3 unspecified atom stereocenters. The van der Waals surface area contributed by atoms with Gasteiger partial charge in [0.05, 0.1) is 12.1 Å². The van der Waals surface area contributed by atoms with E-state index in [0.29, 0.717) is 19.1 Å². The molecular weight excluding hydrogens is 815 g/mol. The van der Waals surface area contributed by atoms with Crippen LogP contribution in [0.2, 0.25) is 0 Å². The maximum Gasteiger partial charge on any atom is 0.329 e. The first-order valence-electron chi connectivity index (χ1n) is 24.5. The average molecular weight is 900 g/mol. The number of unbranched alkanes of at least 4 members (excludes halogenated alkanes) is 2. The molecule has 0 aromatic heterocycles. The summed E-state index contributed by atoms with van der Waals surface area (Å²) in [6.45, 7) is 15.4. The molecule has 0 aromatic carbocycles. The van der Waals surface area contributed by atoms with Crippen molar-refractivity contribution in [3.05, 3.63) is 0 Å². The Morgan fingerprint density at radius 3 is 1.83 bits per heavy atom. The van der Waals surface area contributed by atoms with E-state index in [1.807, 2.05) is 40.7 Å². The molecule has 0 spiro atoms. The topological polar surface area (TPSA) is 198 Å². The first-order chi connectivity index (χ1) is 30.3. The van der Waals surface area contributed by atoms with Crippen molar-refractivity contribution < 1.29 is 38.3 Å². The van der Waals surface area contributed by atoms with E-state index >= 15 is 0 Å². The van der Waals surface area contributed by atoms with Gasteiger partial charge in [-0.2, -0.15) is 5.26 Å². The normalized spacial score (nSPS) is 27.7. The minimum absolute atomic E-state index is 0.0264. The van der Waals surface area contributed by atoms with Gasteiger partial charge in [0.2, 0.25) is 23.6 Å². The number of nitriles is 1. The molecule has 1 saturated heterocycles. The highest BCUT2D eigenvalue weighted by Crippen LogP contribution is 2.30. The number of cyclic esters (lactones) is 1. The Hall–Kier alpha value is -4.06. The van der Waals surface area contributed by atoms with Gasteiger partial charge in [-0.05, 0) is 62.7 Å². The predicted octanol–water partition coefficient (Wildman–Crippen LogP) is 6.42. The highest BCUT2D eigenvalue weighted by Gasteiger charge is 2.46. The van der Waals surface area contributed by atoms with Crippen molar-refractivity contribution in [3.63, 3.8) is 0 Å². The molecule has 1 aliphatic heterocycles. The molecule has 364 valence electrons. The number of carbonyl (C=O) groups excluding carboxylic acids is 7. The molecule has 1 heterocycles. The van der Waals surface area contributed by atoms with Crippen molar-refractivity contribution in [2.45, 2.75) is 219 Å². The summed E-state index contributed by atoms with van der Waals surface area (Å²) < 4.78 is 5.81. The molecule has 15 nitrogen and oxygen atoms in total. The largest absolute Gasteiger partial charge is 0.451 e. The third-order valence-corrected chi connectivity index (χ3v) is 13.5. The number of rotatable bonds is 19. The van der Waals surface area contributed by atoms with Crippen molar-refractivity contribution in [1.29, 1.82) is 5.26 Å². The van der Waals surface area contributed by atoms with Crippen LogP contribution in [0.4, 0.5) is 0 Å². The van der Waals surface area contributed by atoms with Crippen LogP contribution < -0.4 is 16.0 Å². The zero-order chi connectivity index (χ0) is 48.1. The lowest BCUT2D eigenvalue weighted by Gasteiger charge is -2.44. The number of hydrogen-bond donors (Lipinski definition) is 3. The Morgan fingerprint density at radius 2 is 1.31 bits per heavy atom. The summed E-state index contributed by atoms with van der Waals surface area (Å²) in [6.07, 6.45) is 10.9. The molecule has 1 saturated carbocycles. The Kier molecular flexibility index (Phi) is 24.6. The van der Waals surface area contributed by atoms with Crippen LogP contribution >= 0.6 is 0 Å². The van der Waals surface area contributed by atoms with E-state index in [0.717, 1.165) is 70.6 Å². The number of likely N-dealkylation sites (N-methyl/N-ethyl adjacent to an activating group) is 3. The first-order valence-corrected chi connectivity index (χ1v) is 24.5. The zero-order valence-corrected chi connectivity index (χ0v) is 41.3. The van der Waals surface area contributed by atoms with Crippen LogP contribution in [0.15, 0.2) is 0 Å². The molecule has 2 fully saturated rings. The number of nitrogens with one attached hydrogen (secondary N) is 3. The number of ether oxygens (including phenoxy) is 1. The second kappa shape index (κ2) is 28.1. The van der Waals surface area contributed by atoms with Gasteiger partial charge >= 0.3 is 5.97 Å². The van der Waals surface area contributed by atoms with Crippen molar-refractivity contribution in [2.75, 3.05) is 21.1 Å². The number of carbonyl (C=O) groups is 7. The fourth-order valence-corrected chi connectivity index (χ4v) is 9.33. The lowest BCUT2D eigenvalue weighted by atomic mass is 9.84. The van der Waals surface area contributed by atoms with Crippen LogP contribution in [0.3, 0.4) is 0 Å². The second-order valence-corrected chi connectivity index (χ2v) is 19.6. The van der Waals surface area contributed by atoms with Crippen LogP contribution in [0.5, 0.6) is 0 Å². The highest BCUT2D eigenvalue weighted by molar-refractivity contribution is 5.96. The van der Waals surface area contributed by atoms with E-state index in [4.69, 9.17) is 4.74 Å². The van der Waals surface area contributed by atoms with Gasteiger partial charge < -0.3 is 30.1 Å². The molecule has 64 heavy (non-hydrogen) atoms. The Morgan fingerprint density at radius 1 is 0.766 bits per heavy atom. The number of amides is 5. The summed E-state index contributed by atoms with van der Waals surface area (Å²) in [6, 6.07) is -3.37. The minimum atomic E-state index is -1.71. The zero-order valence-electron chi connectivity index (χ0n) is 41.3. The van der Waals surface area contributed by atoms with Gasteiger partial charge in [-0.25, -0.2) is 4.79 Å². The summed E-state index contributed by atoms with van der Waals surface area (Å²) in [4.78, 5) is 105. The van der Waals surface area contributed by atoms with Gasteiger partial charge in [0, 0.05) is 34.0 Å². The molecule has 0 bridgehead atoms. The average Bonchev–Trinajstić information content (AvgIpc) is 3.27. The number of aldehydes is 1. The number of hydrogen-bond acceptors (Lipinski definition) is 10. The smallest absolute Gasteiger partial charge is 0.329 e. The predicted molar refractivity (Wildman–Crippen MR) is 248 cm³/mol. The van der Waals surface area contributed by atoms with Gasteiger partial charge in [0.25, 0.3) is 5.91 Å². The molecule has 2 aliphatic rings.